The van der Waals surface area contributed by atoms with Gasteiger partial charge in [-0.15, -0.1) is 0 Å². The van der Waals surface area contributed by atoms with Crippen molar-refractivity contribution in [2.45, 2.75) is 0 Å². The molecule has 134 valence electrons. The summed E-state index contributed by atoms with van der Waals surface area (Å²) in [6.45, 7) is 0. The van der Waals surface area contributed by atoms with Crippen LogP contribution >= 0.6 is 0 Å². The fourth-order valence-electron chi connectivity index (χ4n) is 3.36. The van der Waals surface area contributed by atoms with Crippen LogP contribution < -0.4 is 0 Å². The van der Waals surface area contributed by atoms with E-state index in [0.29, 0.717) is 0 Å². The fraction of sp³-hybridized carbons (Fsp3) is 0. The topological polar surface area (TPSA) is 35.6 Å². The lowest BCUT2D eigenvalue weighted by Gasteiger charge is -2.07. The Labute approximate surface area is 163 Å². The zero-order chi connectivity index (χ0) is 18.8. The standard InChI is InChI=1S/C24H18N4/c1-4-10-19(11-5-1)22-18-27(20-12-6-2-7-13-20)26-24(22)23-16-17-25-28(23)21-14-8-3-9-15-21/h1-18H. The minimum absolute atomic E-state index is 0.899. The molecule has 0 saturated heterocycles. The minimum atomic E-state index is 0.899. The summed E-state index contributed by atoms with van der Waals surface area (Å²) in [6, 6.07) is 32.7. The third kappa shape index (κ3) is 2.91. The highest BCUT2D eigenvalue weighted by Gasteiger charge is 2.18. The van der Waals surface area contributed by atoms with Crippen molar-refractivity contribution >= 4 is 0 Å². The van der Waals surface area contributed by atoms with Crippen LogP contribution in [0, 0.1) is 0 Å². The van der Waals surface area contributed by atoms with Gasteiger partial charge in [0.2, 0.25) is 0 Å². The number of nitrogens with zero attached hydrogens (tertiary/aromatic N) is 4. The van der Waals surface area contributed by atoms with Gasteiger partial charge in [0.1, 0.15) is 5.69 Å². The van der Waals surface area contributed by atoms with E-state index in [9.17, 15) is 0 Å². The molecule has 0 radical (unpaired) electrons. The van der Waals surface area contributed by atoms with E-state index in [-0.39, 0.29) is 0 Å². The van der Waals surface area contributed by atoms with Gasteiger partial charge in [-0.2, -0.15) is 10.2 Å². The minimum Gasteiger partial charge on any atom is -0.240 e. The van der Waals surface area contributed by atoms with Crippen molar-refractivity contribution in [3.8, 4) is 33.9 Å². The van der Waals surface area contributed by atoms with Crippen LogP contribution in [0.4, 0.5) is 0 Å². The third-order valence-corrected chi connectivity index (χ3v) is 4.71. The molecule has 3 aromatic carbocycles. The Kier molecular flexibility index (Phi) is 4.07. The summed E-state index contributed by atoms with van der Waals surface area (Å²) < 4.78 is 3.87. The van der Waals surface area contributed by atoms with Crippen LogP contribution in [0.15, 0.2) is 109 Å². The Hall–Kier alpha value is -3.92. The summed E-state index contributed by atoms with van der Waals surface area (Å²) in [7, 11) is 0. The van der Waals surface area contributed by atoms with E-state index in [0.717, 1.165) is 33.9 Å². The summed E-state index contributed by atoms with van der Waals surface area (Å²) in [5.41, 5.74) is 6.09. The van der Waals surface area contributed by atoms with E-state index >= 15 is 0 Å². The Morgan fingerprint density at radius 1 is 0.607 bits per heavy atom. The molecule has 4 heteroatoms. The summed E-state index contributed by atoms with van der Waals surface area (Å²) in [5.74, 6) is 0. The molecule has 0 aliphatic rings. The predicted octanol–water partition coefficient (Wildman–Crippen LogP) is 5.39. The molecule has 0 atom stereocenters. The summed E-state index contributed by atoms with van der Waals surface area (Å²) >= 11 is 0. The molecule has 28 heavy (non-hydrogen) atoms. The monoisotopic (exact) mass is 362 g/mol. The van der Waals surface area contributed by atoms with E-state index in [1.807, 2.05) is 88.4 Å². The molecule has 0 amide bonds. The summed E-state index contributed by atoms with van der Waals surface area (Å²) in [5, 5.41) is 9.49. The Morgan fingerprint density at radius 2 is 1.21 bits per heavy atom. The van der Waals surface area contributed by atoms with Gasteiger partial charge in [0, 0.05) is 11.8 Å². The van der Waals surface area contributed by atoms with Crippen LogP contribution in [0.25, 0.3) is 33.9 Å². The molecule has 5 aromatic rings. The SMILES string of the molecule is c1ccc(-c2cn(-c3ccccc3)nc2-c2ccnn2-c2ccccc2)cc1. The van der Waals surface area contributed by atoms with Gasteiger partial charge in [-0.3, -0.25) is 0 Å². The smallest absolute Gasteiger partial charge is 0.119 e. The lowest BCUT2D eigenvalue weighted by atomic mass is 10.1. The van der Waals surface area contributed by atoms with Crippen LogP contribution in [0.3, 0.4) is 0 Å². The summed E-state index contributed by atoms with van der Waals surface area (Å²) in [6.07, 6.45) is 3.90. The van der Waals surface area contributed by atoms with Gasteiger partial charge in [0.25, 0.3) is 0 Å². The number of rotatable bonds is 4. The van der Waals surface area contributed by atoms with Gasteiger partial charge in [-0.1, -0.05) is 66.7 Å². The number of aromatic nitrogens is 4. The zero-order valence-corrected chi connectivity index (χ0v) is 15.2. The molecular weight excluding hydrogens is 344 g/mol. The van der Waals surface area contributed by atoms with E-state index in [2.05, 4.69) is 35.6 Å². The van der Waals surface area contributed by atoms with E-state index < -0.39 is 0 Å². The Balaban J connectivity index is 1.72. The number of hydrogen-bond donors (Lipinski definition) is 0. The normalized spacial score (nSPS) is 10.9. The first-order valence-electron chi connectivity index (χ1n) is 9.20. The molecule has 0 unspecified atom stereocenters. The van der Waals surface area contributed by atoms with Gasteiger partial charge in [0.15, 0.2) is 0 Å². The Bertz CT molecular complexity index is 1190. The molecule has 2 aromatic heterocycles. The van der Waals surface area contributed by atoms with Gasteiger partial charge in [-0.25, -0.2) is 9.36 Å². The first-order chi connectivity index (χ1) is 13.9. The molecular formula is C24H18N4. The van der Waals surface area contributed by atoms with Crippen molar-refractivity contribution in [1.82, 2.24) is 19.6 Å². The maximum absolute atomic E-state index is 4.94. The van der Waals surface area contributed by atoms with Gasteiger partial charge in [0.05, 0.1) is 23.3 Å². The highest BCUT2D eigenvalue weighted by molar-refractivity contribution is 5.80. The van der Waals surface area contributed by atoms with Crippen molar-refractivity contribution in [2.75, 3.05) is 0 Å². The van der Waals surface area contributed by atoms with Crippen molar-refractivity contribution in [2.24, 2.45) is 0 Å². The second kappa shape index (κ2) is 7.00. The lowest BCUT2D eigenvalue weighted by molar-refractivity contribution is 0.857. The molecule has 0 bridgehead atoms. The average molecular weight is 362 g/mol. The second-order valence-corrected chi connectivity index (χ2v) is 6.50. The maximum Gasteiger partial charge on any atom is 0.119 e. The van der Waals surface area contributed by atoms with Gasteiger partial charge in [-0.05, 0) is 35.9 Å². The van der Waals surface area contributed by atoms with E-state index in [1.54, 1.807) is 0 Å². The van der Waals surface area contributed by atoms with Crippen molar-refractivity contribution in [1.29, 1.82) is 0 Å². The van der Waals surface area contributed by atoms with Crippen LogP contribution in [0.2, 0.25) is 0 Å². The maximum atomic E-state index is 4.94. The van der Waals surface area contributed by atoms with Crippen LogP contribution in [0.5, 0.6) is 0 Å². The predicted molar refractivity (Wildman–Crippen MR) is 112 cm³/mol. The molecule has 0 spiro atoms. The first kappa shape index (κ1) is 16.3. The molecule has 0 aliphatic heterocycles. The average Bonchev–Trinajstić information content (AvgIpc) is 3.43. The van der Waals surface area contributed by atoms with Crippen LogP contribution in [-0.4, -0.2) is 19.6 Å². The van der Waals surface area contributed by atoms with Gasteiger partial charge < -0.3 is 0 Å². The molecule has 5 rings (SSSR count). The zero-order valence-electron chi connectivity index (χ0n) is 15.2. The number of benzene rings is 3. The van der Waals surface area contributed by atoms with Crippen LogP contribution in [-0.2, 0) is 0 Å². The van der Waals surface area contributed by atoms with Crippen molar-refractivity contribution in [3.05, 3.63) is 109 Å². The molecule has 0 saturated carbocycles. The first-order valence-corrected chi connectivity index (χ1v) is 9.20. The quantitative estimate of drug-likeness (QED) is 0.429. The second-order valence-electron chi connectivity index (χ2n) is 6.50. The molecule has 0 fully saturated rings. The highest BCUT2D eigenvalue weighted by atomic mass is 15.3. The van der Waals surface area contributed by atoms with Crippen molar-refractivity contribution in [3.63, 3.8) is 0 Å². The van der Waals surface area contributed by atoms with Crippen LogP contribution in [0.1, 0.15) is 0 Å². The Morgan fingerprint density at radius 3 is 1.89 bits per heavy atom. The molecule has 0 aliphatic carbocycles. The molecule has 4 nitrogen and oxygen atoms in total. The molecule has 0 N–H and O–H groups in total. The number of hydrogen-bond acceptors (Lipinski definition) is 2. The largest absolute Gasteiger partial charge is 0.240 e. The van der Waals surface area contributed by atoms with Gasteiger partial charge >= 0.3 is 0 Å². The third-order valence-electron chi connectivity index (χ3n) is 4.71. The highest BCUT2D eigenvalue weighted by Crippen LogP contribution is 2.32. The number of para-hydroxylation sites is 2. The fourth-order valence-corrected chi connectivity index (χ4v) is 3.36. The van der Waals surface area contributed by atoms with E-state index in [4.69, 9.17) is 5.10 Å². The molecule has 2 heterocycles. The lowest BCUT2D eigenvalue weighted by Crippen LogP contribution is -2.00. The van der Waals surface area contributed by atoms with E-state index in [1.165, 1.54) is 0 Å². The summed E-state index contributed by atoms with van der Waals surface area (Å²) in [4.78, 5) is 0. The van der Waals surface area contributed by atoms with Crippen molar-refractivity contribution < 1.29 is 0 Å².